The molecule has 1 aliphatic rings. The lowest BCUT2D eigenvalue weighted by atomic mass is 9.95. The van der Waals surface area contributed by atoms with Crippen molar-refractivity contribution >= 4 is 28.3 Å². The number of carboxylic acids is 1. The molecule has 3 aromatic carbocycles. The molecule has 0 bridgehead atoms. The highest BCUT2D eigenvalue weighted by molar-refractivity contribution is 7.82. The van der Waals surface area contributed by atoms with Gasteiger partial charge in [-0.15, -0.1) is 16.5 Å². The standard InChI is InChI=1S/C29H22F2N4O3S2/c30-21-6-2-4-18(12-21)17-3-1-5-20(11-17)26-23(13-19-9-10-22(40(32)38)14-24(19)31)27(16-7-8-16)35(34-26)29-33-25(15-39-29)28(36)37/h1-6,9-12,14-16H,7-8,13H2,(H2,32,38)(H,36,37)/p+1. The molecule has 1 fully saturated rings. The van der Waals surface area contributed by atoms with Gasteiger partial charge in [-0.05, 0) is 53.8 Å². The predicted octanol–water partition coefficient (Wildman–Crippen LogP) is 6.04. The number of nitrogens with two attached hydrogens (primary N) is 1. The number of rotatable bonds is 8. The third-order valence-corrected chi connectivity index (χ3v) is 8.44. The number of aromatic nitrogens is 3. The maximum atomic E-state index is 15.2. The molecule has 0 amide bonds. The average molecular weight is 578 g/mol. The van der Waals surface area contributed by atoms with E-state index in [0.717, 1.165) is 35.2 Å². The Hall–Kier alpha value is -4.06. The highest BCUT2D eigenvalue weighted by Crippen LogP contribution is 2.46. The molecule has 1 aliphatic carbocycles. The Balaban J connectivity index is 1.53. The highest BCUT2D eigenvalue weighted by Gasteiger charge is 2.34. The quantitative estimate of drug-likeness (QED) is 0.173. The highest BCUT2D eigenvalue weighted by atomic mass is 32.2. The Kier molecular flexibility index (Phi) is 6.87. The monoisotopic (exact) mass is 577 g/mol. The SMILES string of the molecule is N[SH+](=O)c1ccc(Cc2c(-c3cccc(-c4cccc(F)c4)c3)nn(-c3nc(C(=O)O)cs3)c2C2CC2)c(F)c1. The zero-order valence-electron chi connectivity index (χ0n) is 20.9. The summed E-state index contributed by atoms with van der Waals surface area (Å²) in [6.07, 6.45) is 2.01. The minimum absolute atomic E-state index is 0.0778. The second-order valence-corrected chi connectivity index (χ2v) is 11.6. The van der Waals surface area contributed by atoms with E-state index in [1.807, 2.05) is 30.3 Å². The van der Waals surface area contributed by atoms with E-state index in [-0.39, 0.29) is 28.7 Å². The van der Waals surface area contributed by atoms with E-state index in [1.165, 1.54) is 34.9 Å². The second-order valence-electron chi connectivity index (χ2n) is 9.59. The number of carbonyl (C=O) groups is 1. The number of thiazole rings is 1. The first kappa shape index (κ1) is 26.2. The van der Waals surface area contributed by atoms with Crippen LogP contribution in [0, 0.1) is 11.6 Å². The minimum Gasteiger partial charge on any atom is -0.476 e. The van der Waals surface area contributed by atoms with Crippen molar-refractivity contribution in [2.24, 2.45) is 5.14 Å². The summed E-state index contributed by atoms with van der Waals surface area (Å²) < 4.78 is 42.6. The number of carboxylic acid groups (broad SMARTS) is 1. The van der Waals surface area contributed by atoms with Crippen LogP contribution in [0.4, 0.5) is 8.78 Å². The first-order valence-electron chi connectivity index (χ1n) is 12.5. The van der Waals surface area contributed by atoms with Crippen molar-refractivity contribution in [3.8, 4) is 27.5 Å². The Morgan fingerprint density at radius 1 is 1.05 bits per heavy atom. The van der Waals surface area contributed by atoms with Gasteiger partial charge in [0.2, 0.25) is 5.13 Å². The smallest absolute Gasteiger partial charge is 0.355 e. The van der Waals surface area contributed by atoms with Gasteiger partial charge in [-0.25, -0.2) is 23.2 Å². The molecule has 7 nitrogen and oxygen atoms in total. The van der Waals surface area contributed by atoms with Crippen molar-refractivity contribution in [1.82, 2.24) is 14.8 Å². The van der Waals surface area contributed by atoms with Crippen molar-refractivity contribution in [3.63, 3.8) is 0 Å². The average Bonchev–Trinajstić information content (AvgIpc) is 3.52. The van der Waals surface area contributed by atoms with Crippen LogP contribution in [-0.4, -0.2) is 25.8 Å². The maximum absolute atomic E-state index is 15.2. The van der Waals surface area contributed by atoms with E-state index in [2.05, 4.69) is 4.98 Å². The fraction of sp³-hybridized carbons (Fsp3) is 0.138. The van der Waals surface area contributed by atoms with Crippen LogP contribution in [0.3, 0.4) is 0 Å². The molecule has 1 atom stereocenters. The van der Waals surface area contributed by atoms with Crippen molar-refractivity contribution in [3.05, 3.63) is 106 Å². The van der Waals surface area contributed by atoms with Crippen LogP contribution < -0.4 is 5.14 Å². The molecule has 0 radical (unpaired) electrons. The molecule has 1 unspecified atom stereocenters. The topological polar surface area (TPSA) is 111 Å². The van der Waals surface area contributed by atoms with Crippen LogP contribution >= 0.6 is 11.3 Å². The Morgan fingerprint density at radius 2 is 1.77 bits per heavy atom. The summed E-state index contributed by atoms with van der Waals surface area (Å²) in [5.41, 5.74) is 4.78. The Bertz CT molecular complexity index is 1800. The van der Waals surface area contributed by atoms with Crippen molar-refractivity contribution in [2.45, 2.75) is 30.1 Å². The molecule has 11 heteroatoms. The van der Waals surface area contributed by atoms with Crippen molar-refractivity contribution in [2.75, 3.05) is 0 Å². The van der Waals surface area contributed by atoms with E-state index in [0.29, 0.717) is 22.0 Å². The predicted molar refractivity (Wildman–Crippen MR) is 150 cm³/mol. The van der Waals surface area contributed by atoms with E-state index < -0.39 is 22.8 Å². The molecular weight excluding hydrogens is 554 g/mol. The van der Waals surface area contributed by atoms with Gasteiger partial charge in [0.05, 0.1) is 11.4 Å². The Morgan fingerprint density at radius 3 is 2.42 bits per heavy atom. The fourth-order valence-electron chi connectivity index (χ4n) is 4.77. The number of nitrogens with zero attached hydrogens (tertiary/aromatic N) is 3. The lowest BCUT2D eigenvalue weighted by molar-refractivity contribution is 0.0691. The molecule has 40 heavy (non-hydrogen) atoms. The molecule has 0 saturated heterocycles. The summed E-state index contributed by atoms with van der Waals surface area (Å²) in [4.78, 5) is 16.0. The number of benzene rings is 3. The van der Waals surface area contributed by atoms with Crippen molar-refractivity contribution < 1.29 is 22.9 Å². The fourth-order valence-corrected chi connectivity index (χ4v) is 6.00. The molecule has 3 N–H and O–H groups in total. The van der Waals surface area contributed by atoms with Gasteiger partial charge in [0, 0.05) is 34.9 Å². The molecule has 0 aliphatic heterocycles. The van der Waals surface area contributed by atoms with Gasteiger partial charge >= 0.3 is 5.97 Å². The third kappa shape index (κ3) is 5.10. The van der Waals surface area contributed by atoms with Gasteiger partial charge in [0.1, 0.15) is 11.6 Å². The zero-order valence-corrected chi connectivity index (χ0v) is 22.6. The largest absolute Gasteiger partial charge is 0.476 e. The van der Waals surface area contributed by atoms with E-state index in [4.69, 9.17) is 10.2 Å². The number of thiol groups is 1. The van der Waals surface area contributed by atoms with Gasteiger partial charge in [-0.3, -0.25) is 0 Å². The van der Waals surface area contributed by atoms with Crippen LogP contribution in [0.15, 0.2) is 77.0 Å². The number of halogens is 2. The first-order valence-corrected chi connectivity index (χ1v) is 14.7. The summed E-state index contributed by atoms with van der Waals surface area (Å²) in [7, 11) is -2.18. The number of hydrogen-bond acceptors (Lipinski definition) is 5. The van der Waals surface area contributed by atoms with Gasteiger partial charge in [-0.2, -0.15) is 5.10 Å². The molecule has 5 aromatic rings. The summed E-state index contributed by atoms with van der Waals surface area (Å²) >= 11 is 1.17. The maximum Gasteiger partial charge on any atom is 0.355 e. The van der Waals surface area contributed by atoms with Gasteiger partial charge < -0.3 is 5.11 Å². The molecule has 6 rings (SSSR count). The molecular formula is C29H23F2N4O3S2+. The summed E-state index contributed by atoms with van der Waals surface area (Å²) in [5, 5.41) is 21.7. The second kappa shape index (κ2) is 10.5. The summed E-state index contributed by atoms with van der Waals surface area (Å²) in [5.74, 6) is -1.85. The number of hydrogen-bond donors (Lipinski definition) is 2. The number of aromatic carboxylic acids is 1. The van der Waals surface area contributed by atoms with Crippen LogP contribution in [-0.2, 0) is 21.6 Å². The lowest BCUT2D eigenvalue weighted by Crippen LogP contribution is -2.05. The zero-order chi connectivity index (χ0) is 28.0. The molecule has 1 saturated carbocycles. The molecule has 202 valence electrons. The molecule has 2 aromatic heterocycles. The van der Waals surface area contributed by atoms with E-state index in [1.54, 1.807) is 22.9 Å². The van der Waals surface area contributed by atoms with Gasteiger partial charge in [-0.1, -0.05) is 40.6 Å². The van der Waals surface area contributed by atoms with E-state index >= 15 is 4.39 Å². The first-order chi connectivity index (χ1) is 19.3. The van der Waals surface area contributed by atoms with Crippen molar-refractivity contribution in [1.29, 1.82) is 0 Å². The van der Waals surface area contributed by atoms with Gasteiger partial charge in [0.25, 0.3) is 0 Å². The van der Waals surface area contributed by atoms with Crippen LogP contribution in [0.1, 0.15) is 46.1 Å². The third-order valence-electron chi connectivity index (χ3n) is 6.83. The molecule has 2 heterocycles. The van der Waals surface area contributed by atoms with Crippen LogP contribution in [0.2, 0.25) is 0 Å². The lowest BCUT2D eigenvalue weighted by Gasteiger charge is -2.10. The Labute approximate surface area is 234 Å². The minimum atomic E-state index is -2.18. The molecule has 0 spiro atoms. The van der Waals surface area contributed by atoms with E-state index in [9.17, 15) is 18.5 Å². The summed E-state index contributed by atoms with van der Waals surface area (Å²) in [6, 6.07) is 18.2. The van der Waals surface area contributed by atoms with Gasteiger partial charge in [0.15, 0.2) is 21.6 Å². The van der Waals surface area contributed by atoms with Crippen LogP contribution in [0.5, 0.6) is 0 Å². The van der Waals surface area contributed by atoms with Crippen LogP contribution in [0.25, 0.3) is 27.5 Å². The summed E-state index contributed by atoms with van der Waals surface area (Å²) in [6.45, 7) is 0. The normalized spacial score (nSPS) is 13.9.